The SMILES string of the molecule is Cc1ccc(S(=O)(=O)N2CCC(C)C(N)C2)cc1C(N)=O. The minimum atomic E-state index is -3.65. The van der Waals surface area contributed by atoms with Gasteiger partial charge in [0.25, 0.3) is 0 Å². The van der Waals surface area contributed by atoms with Gasteiger partial charge in [0.15, 0.2) is 0 Å². The fourth-order valence-electron chi connectivity index (χ4n) is 2.46. The number of piperidine rings is 1. The number of rotatable bonds is 3. The van der Waals surface area contributed by atoms with Crippen LogP contribution in [-0.4, -0.2) is 37.8 Å². The summed E-state index contributed by atoms with van der Waals surface area (Å²) >= 11 is 0. The van der Waals surface area contributed by atoms with E-state index >= 15 is 0 Å². The molecule has 2 rings (SSSR count). The van der Waals surface area contributed by atoms with Crippen LogP contribution in [0.4, 0.5) is 0 Å². The first-order chi connectivity index (χ1) is 9.73. The number of nitrogens with zero attached hydrogens (tertiary/aromatic N) is 1. The summed E-state index contributed by atoms with van der Waals surface area (Å²) in [4.78, 5) is 11.5. The van der Waals surface area contributed by atoms with Gasteiger partial charge in [-0.25, -0.2) is 8.42 Å². The molecule has 0 aliphatic carbocycles. The van der Waals surface area contributed by atoms with Crippen LogP contribution in [0.15, 0.2) is 23.1 Å². The van der Waals surface area contributed by atoms with Crippen LogP contribution in [0.2, 0.25) is 0 Å². The van der Waals surface area contributed by atoms with E-state index < -0.39 is 15.9 Å². The number of sulfonamides is 1. The summed E-state index contributed by atoms with van der Waals surface area (Å²) in [5.41, 5.74) is 12.1. The Bertz CT molecular complexity index is 657. The first-order valence-corrected chi connectivity index (χ1v) is 8.33. The topological polar surface area (TPSA) is 106 Å². The highest BCUT2D eigenvalue weighted by Gasteiger charge is 2.32. The second-order valence-electron chi connectivity index (χ2n) is 5.63. The third-order valence-electron chi connectivity index (χ3n) is 4.09. The number of nitrogens with two attached hydrogens (primary N) is 2. The van der Waals surface area contributed by atoms with Gasteiger partial charge in [0.2, 0.25) is 15.9 Å². The van der Waals surface area contributed by atoms with Gasteiger partial charge < -0.3 is 11.5 Å². The number of primary amides is 1. The molecule has 1 saturated heterocycles. The van der Waals surface area contributed by atoms with Crippen LogP contribution in [-0.2, 0) is 10.0 Å². The second-order valence-corrected chi connectivity index (χ2v) is 7.57. The van der Waals surface area contributed by atoms with Gasteiger partial charge in [0.05, 0.1) is 4.90 Å². The quantitative estimate of drug-likeness (QED) is 0.845. The summed E-state index contributed by atoms with van der Waals surface area (Å²) in [6.45, 7) is 4.47. The van der Waals surface area contributed by atoms with Crippen molar-refractivity contribution < 1.29 is 13.2 Å². The van der Waals surface area contributed by atoms with Gasteiger partial charge in [-0.05, 0) is 37.0 Å². The molecule has 2 atom stereocenters. The molecule has 1 aromatic rings. The monoisotopic (exact) mass is 311 g/mol. The minimum Gasteiger partial charge on any atom is -0.366 e. The normalized spacial score (nSPS) is 24.0. The zero-order valence-corrected chi connectivity index (χ0v) is 13.1. The van der Waals surface area contributed by atoms with Gasteiger partial charge in [-0.1, -0.05) is 13.0 Å². The molecule has 0 bridgehead atoms. The summed E-state index contributed by atoms with van der Waals surface area (Å²) in [6.07, 6.45) is 0.731. The Morgan fingerprint density at radius 1 is 1.38 bits per heavy atom. The molecule has 1 aromatic carbocycles. The van der Waals surface area contributed by atoms with Crippen LogP contribution in [0, 0.1) is 12.8 Å². The molecule has 116 valence electrons. The molecule has 0 radical (unpaired) electrons. The molecule has 1 heterocycles. The maximum absolute atomic E-state index is 12.6. The van der Waals surface area contributed by atoms with Gasteiger partial charge in [-0.15, -0.1) is 0 Å². The molecule has 6 nitrogen and oxygen atoms in total. The third-order valence-corrected chi connectivity index (χ3v) is 5.95. The molecular formula is C14H21N3O3S. The summed E-state index contributed by atoms with van der Waals surface area (Å²) in [5.74, 6) is -0.329. The van der Waals surface area contributed by atoms with Crippen molar-refractivity contribution in [3.05, 3.63) is 29.3 Å². The number of aryl methyl sites for hydroxylation is 1. The molecule has 1 aliphatic heterocycles. The van der Waals surface area contributed by atoms with Crippen LogP contribution >= 0.6 is 0 Å². The number of carbonyl (C=O) groups excluding carboxylic acids is 1. The molecule has 0 spiro atoms. The lowest BCUT2D eigenvalue weighted by Crippen LogP contribution is -2.49. The van der Waals surface area contributed by atoms with Crippen LogP contribution < -0.4 is 11.5 Å². The molecule has 1 amide bonds. The predicted molar refractivity (Wildman–Crippen MR) is 80.2 cm³/mol. The van der Waals surface area contributed by atoms with E-state index in [1.807, 2.05) is 6.92 Å². The Morgan fingerprint density at radius 3 is 2.62 bits per heavy atom. The van der Waals surface area contributed by atoms with Crippen LogP contribution in [0.25, 0.3) is 0 Å². The molecule has 4 N–H and O–H groups in total. The summed E-state index contributed by atoms with van der Waals surface area (Å²) in [5, 5.41) is 0. The van der Waals surface area contributed by atoms with E-state index in [0.717, 1.165) is 6.42 Å². The highest BCUT2D eigenvalue weighted by atomic mass is 32.2. The van der Waals surface area contributed by atoms with E-state index in [4.69, 9.17) is 11.5 Å². The van der Waals surface area contributed by atoms with E-state index in [1.165, 1.54) is 16.4 Å². The van der Waals surface area contributed by atoms with Crippen LogP contribution in [0.1, 0.15) is 29.3 Å². The Hall–Kier alpha value is -1.44. The van der Waals surface area contributed by atoms with Gasteiger partial charge in [0.1, 0.15) is 0 Å². The average molecular weight is 311 g/mol. The predicted octanol–water partition coefficient (Wildman–Crippen LogP) is 0.452. The third kappa shape index (κ3) is 3.09. The number of amides is 1. The van der Waals surface area contributed by atoms with E-state index in [9.17, 15) is 13.2 Å². The minimum absolute atomic E-state index is 0.0867. The first kappa shape index (κ1) is 15.9. The van der Waals surface area contributed by atoms with Crippen molar-refractivity contribution in [2.24, 2.45) is 17.4 Å². The second kappa shape index (κ2) is 5.75. The van der Waals surface area contributed by atoms with Crippen molar-refractivity contribution in [3.63, 3.8) is 0 Å². The number of benzene rings is 1. The van der Waals surface area contributed by atoms with E-state index in [2.05, 4.69) is 0 Å². The fraction of sp³-hybridized carbons (Fsp3) is 0.500. The summed E-state index contributed by atoms with van der Waals surface area (Å²) < 4.78 is 26.7. The molecule has 1 aliphatic rings. The lowest BCUT2D eigenvalue weighted by atomic mass is 9.96. The van der Waals surface area contributed by atoms with Crippen LogP contribution in [0.3, 0.4) is 0 Å². The van der Waals surface area contributed by atoms with E-state index in [-0.39, 0.29) is 16.5 Å². The van der Waals surface area contributed by atoms with Gasteiger partial charge in [-0.3, -0.25) is 4.79 Å². The molecule has 0 saturated carbocycles. The maximum Gasteiger partial charge on any atom is 0.249 e. The van der Waals surface area contributed by atoms with Crippen LogP contribution in [0.5, 0.6) is 0 Å². The zero-order chi connectivity index (χ0) is 15.8. The summed E-state index contributed by atoms with van der Waals surface area (Å²) in [7, 11) is -3.65. The summed E-state index contributed by atoms with van der Waals surface area (Å²) in [6, 6.07) is 4.27. The molecule has 0 aromatic heterocycles. The Morgan fingerprint density at radius 2 is 2.05 bits per heavy atom. The molecular weight excluding hydrogens is 290 g/mol. The number of hydrogen-bond donors (Lipinski definition) is 2. The van der Waals surface area contributed by atoms with Gasteiger partial charge in [-0.2, -0.15) is 4.31 Å². The molecule has 21 heavy (non-hydrogen) atoms. The average Bonchev–Trinajstić information content (AvgIpc) is 2.41. The van der Waals surface area contributed by atoms with E-state index in [0.29, 0.717) is 24.6 Å². The Kier molecular flexibility index (Phi) is 4.36. The number of carbonyl (C=O) groups is 1. The highest BCUT2D eigenvalue weighted by molar-refractivity contribution is 7.89. The molecule has 2 unspecified atom stereocenters. The van der Waals surface area contributed by atoms with Crippen molar-refractivity contribution in [2.75, 3.05) is 13.1 Å². The highest BCUT2D eigenvalue weighted by Crippen LogP contribution is 2.24. The van der Waals surface area contributed by atoms with Crippen molar-refractivity contribution >= 4 is 15.9 Å². The molecule has 1 fully saturated rings. The smallest absolute Gasteiger partial charge is 0.249 e. The maximum atomic E-state index is 12.6. The van der Waals surface area contributed by atoms with Crippen molar-refractivity contribution in [3.8, 4) is 0 Å². The lowest BCUT2D eigenvalue weighted by Gasteiger charge is -2.34. The first-order valence-electron chi connectivity index (χ1n) is 6.89. The van der Waals surface area contributed by atoms with Gasteiger partial charge in [0, 0.05) is 24.7 Å². The fourth-order valence-corrected chi connectivity index (χ4v) is 3.98. The van der Waals surface area contributed by atoms with Gasteiger partial charge >= 0.3 is 0 Å². The molecule has 7 heteroatoms. The largest absolute Gasteiger partial charge is 0.366 e. The standard InChI is InChI=1S/C14H21N3O3S/c1-9-3-4-11(7-12(9)14(16)18)21(19,20)17-6-5-10(2)13(15)8-17/h3-4,7,10,13H,5-6,8,15H2,1-2H3,(H2,16,18). The zero-order valence-electron chi connectivity index (χ0n) is 12.2. The lowest BCUT2D eigenvalue weighted by molar-refractivity contribution is 0.0999. The Labute approximate surface area is 125 Å². The van der Waals surface area contributed by atoms with E-state index in [1.54, 1.807) is 13.0 Å². The van der Waals surface area contributed by atoms with Crippen molar-refractivity contribution in [2.45, 2.75) is 31.2 Å². The van der Waals surface area contributed by atoms with Crippen molar-refractivity contribution in [1.29, 1.82) is 0 Å². The number of hydrogen-bond acceptors (Lipinski definition) is 4. The Balaban J connectivity index is 2.36. The van der Waals surface area contributed by atoms with Crippen molar-refractivity contribution in [1.82, 2.24) is 4.31 Å².